The van der Waals surface area contributed by atoms with Gasteiger partial charge in [-0.25, -0.2) is 4.39 Å². The maximum absolute atomic E-state index is 13.9. The molecule has 2 aromatic heterocycles. The van der Waals surface area contributed by atoms with Crippen molar-refractivity contribution < 1.29 is 9.18 Å². The first kappa shape index (κ1) is 17.6. The molecule has 1 amide bonds. The Bertz CT molecular complexity index is 932. The van der Waals surface area contributed by atoms with E-state index in [0.29, 0.717) is 32.1 Å². The molecule has 0 saturated carbocycles. The number of nitrogens with zero attached hydrogens (tertiary/aromatic N) is 4. The van der Waals surface area contributed by atoms with Gasteiger partial charge in [-0.15, -0.1) is 0 Å². The van der Waals surface area contributed by atoms with Gasteiger partial charge in [-0.05, 0) is 35.0 Å². The van der Waals surface area contributed by atoms with Gasteiger partial charge in [0.1, 0.15) is 5.82 Å². The van der Waals surface area contributed by atoms with Gasteiger partial charge in [0.15, 0.2) is 5.82 Å². The molecule has 0 aliphatic heterocycles. The minimum Gasteiger partial charge on any atom is -0.304 e. The second-order valence-electron chi connectivity index (χ2n) is 5.48. The number of nitrogens with one attached hydrogen (secondary N) is 1. The zero-order chi connectivity index (χ0) is 18.1. The van der Waals surface area contributed by atoms with Crippen molar-refractivity contribution in [3.05, 3.63) is 62.7 Å². The lowest BCUT2D eigenvalue weighted by molar-refractivity contribution is 0.102. The van der Waals surface area contributed by atoms with E-state index in [0.717, 1.165) is 0 Å². The predicted octanol–water partition coefficient (Wildman–Crippen LogP) is 3.78. The summed E-state index contributed by atoms with van der Waals surface area (Å²) in [7, 11) is 1.74. The molecule has 25 heavy (non-hydrogen) atoms. The highest BCUT2D eigenvalue weighted by Crippen LogP contribution is 2.24. The molecular weight excluding hydrogens is 413 g/mol. The lowest BCUT2D eigenvalue weighted by Crippen LogP contribution is -2.13. The molecule has 1 N–H and O–H groups in total. The molecule has 0 saturated heterocycles. The molecule has 0 radical (unpaired) electrons. The summed E-state index contributed by atoms with van der Waals surface area (Å²) in [6, 6.07) is 4.50. The lowest BCUT2D eigenvalue weighted by atomic mass is 10.2. The van der Waals surface area contributed by atoms with Crippen LogP contribution in [0.15, 0.2) is 35.1 Å². The van der Waals surface area contributed by atoms with Crippen molar-refractivity contribution in [3.8, 4) is 0 Å². The average Bonchev–Trinajstić information content (AvgIpc) is 3.05. The lowest BCUT2D eigenvalue weighted by Gasteiger charge is -2.06. The SMILES string of the molecule is Cc1nn(C)cc1C(=O)Nc1nn(Cc2c(F)cccc2Cl)cc1Br. The molecule has 3 rings (SSSR count). The highest BCUT2D eigenvalue weighted by atomic mass is 79.9. The molecule has 0 bridgehead atoms. The Morgan fingerprint density at radius 3 is 2.76 bits per heavy atom. The van der Waals surface area contributed by atoms with Crippen molar-refractivity contribution in [2.75, 3.05) is 5.32 Å². The van der Waals surface area contributed by atoms with E-state index in [1.807, 2.05) is 0 Å². The third kappa shape index (κ3) is 3.74. The van der Waals surface area contributed by atoms with Gasteiger partial charge in [0.2, 0.25) is 0 Å². The van der Waals surface area contributed by atoms with Crippen LogP contribution in [0, 0.1) is 12.7 Å². The molecule has 2 heterocycles. The number of aryl methyl sites for hydroxylation is 2. The number of hydrogen-bond acceptors (Lipinski definition) is 3. The van der Waals surface area contributed by atoms with Crippen LogP contribution in [0.4, 0.5) is 10.2 Å². The largest absolute Gasteiger partial charge is 0.304 e. The number of anilines is 1. The van der Waals surface area contributed by atoms with Gasteiger partial charge >= 0.3 is 0 Å². The second-order valence-corrected chi connectivity index (χ2v) is 6.74. The third-order valence-corrected chi connectivity index (χ3v) is 4.52. The zero-order valence-electron chi connectivity index (χ0n) is 13.4. The molecule has 9 heteroatoms. The Balaban J connectivity index is 1.81. The van der Waals surface area contributed by atoms with E-state index in [-0.39, 0.29) is 12.5 Å². The number of rotatable bonds is 4. The summed E-state index contributed by atoms with van der Waals surface area (Å²) in [5.74, 6) is -0.392. The molecule has 0 unspecified atom stereocenters. The Morgan fingerprint density at radius 2 is 2.12 bits per heavy atom. The molecule has 1 aromatic carbocycles. The fourth-order valence-corrected chi connectivity index (χ4v) is 3.04. The maximum Gasteiger partial charge on any atom is 0.260 e. The van der Waals surface area contributed by atoms with E-state index < -0.39 is 5.82 Å². The molecule has 0 aliphatic carbocycles. The Hall–Kier alpha value is -2.19. The fourth-order valence-electron chi connectivity index (χ4n) is 2.41. The summed E-state index contributed by atoms with van der Waals surface area (Å²) in [5.41, 5.74) is 1.41. The van der Waals surface area contributed by atoms with Crippen LogP contribution in [-0.2, 0) is 13.6 Å². The van der Waals surface area contributed by atoms with E-state index in [1.54, 1.807) is 43.2 Å². The average molecular weight is 427 g/mol. The maximum atomic E-state index is 13.9. The Kier molecular flexibility index (Phi) is 4.91. The van der Waals surface area contributed by atoms with Gasteiger partial charge in [0.25, 0.3) is 5.91 Å². The third-order valence-electron chi connectivity index (χ3n) is 3.59. The van der Waals surface area contributed by atoms with E-state index in [2.05, 4.69) is 31.4 Å². The Morgan fingerprint density at radius 1 is 1.36 bits per heavy atom. The van der Waals surface area contributed by atoms with E-state index in [1.165, 1.54) is 10.7 Å². The summed E-state index contributed by atoms with van der Waals surface area (Å²) < 4.78 is 17.6. The summed E-state index contributed by atoms with van der Waals surface area (Å²) in [5, 5.41) is 11.5. The van der Waals surface area contributed by atoms with Crippen LogP contribution in [0.2, 0.25) is 5.02 Å². The second kappa shape index (κ2) is 6.97. The number of carbonyl (C=O) groups is 1. The molecule has 0 fully saturated rings. The van der Waals surface area contributed by atoms with Gasteiger partial charge in [0.05, 0.1) is 22.3 Å². The van der Waals surface area contributed by atoms with Gasteiger partial charge < -0.3 is 5.32 Å². The highest BCUT2D eigenvalue weighted by molar-refractivity contribution is 9.10. The van der Waals surface area contributed by atoms with Crippen LogP contribution in [0.1, 0.15) is 21.6 Å². The predicted molar refractivity (Wildman–Crippen MR) is 96.3 cm³/mol. The van der Waals surface area contributed by atoms with Crippen molar-refractivity contribution >= 4 is 39.3 Å². The minimum atomic E-state index is -0.407. The summed E-state index contributed by atoms with van der Waals surface area (Å²) >= 11 is 9.38. The van der Waals surface area contributed by atoms with Crippen LogP contribution in [0.3, 0.4) is 0 Å². The van der Waals surface area contributed by atoms with Crippen molar-refractivity contribution in [2.45, 2.75) is 13.5 Å². The number of amides is 1. The van der Waals surface area contributed by atoms with Gasteiger partial charge in [-0.3, -0.25) is 14.2 Å². The highest BCUT2D eigenvalue weighted by Gasteiger charge is 2.17. The van der Waals surface area contributed by atoms with Gasteiger partial charge in [-0.2, -0.15) is 10.2 Å². The fraction of sp³-hybridized carbons (Fsp3) is 0.188. The molecule has 130 valence electrons. The van der Waals surface area contributed by atoms with Crippen LogP contribution in [-0.4, -0.2) is 25.5 Å². The Labute approximate surface area is 156 Å². The first-order valence-corrected chi connectivity index (χ1v) is 8.49. The standard InChI is InChI=1S/C16H14BrClFN5O/c1-9-10(6-23(2)21-9)16(25)20-15-12(17)8-24(22-15)7-11-13(18)4-3-5-14(11)19/h3-6,8H,7H2,1-2H3,(H,20,22,25). The van der Waals surface area contributed by atoms with Crippen LogP contribution >= 0.6 is 27.5 Å². The number of halogens is 3. The minimum absolute atomic E-state index is 0.145. The molecular formula is C16H14BrClFN5O. The van der Waals surface area contributed by atoms with Crippen LogP contribution in [0.5, 0.6) is 0 Å². The van der Waals surface area contributed by atoms with Gasteiger partial charge in [0, 0.05) is 30.0 Å². The first-order valence-electron chi connectivity index (χ1n) is 7.32. The van der Waals surface area contributed by atoms with Crippen LogP contribution < -0.4 is 5.32 Å². The van der Waals surface area contributed by atoms with Crippen molar-refractivity contribution in [2.24, 2.45) is 7.05 Å². The van der Waals surface area contributed by atoms with E-state index in [4.69, 9.17) is 11.6 Å². The summed E-state index contributed by atoms with van der Waals surface area (Å²) in [6.07, 6.45) is 3.28. The number of benzene rings is 1. The van der Waals surface area contributed by atoms with Crippen LogP contribution in [0.25, 0.3) is 0 Å². The normalized spacial score (nSPS) is 10.9. The van der Waals surface area contributed by atoms with Crippen molar-refractivity contribution in [1.29, 1.82) is 0 Å². The van der Waals surface area contributed by atoms with Gasteiger partial charge in [-0.1, -0.05) is 17.7 Å². The summed E-state index contributed by atoms with van der Waals surface area (Å²) in [6.45, 7) is 1.90. The van der Waals surface area contributed by atoms with Crippen molar-refractivity contribution in [1.82, 2.24) is 19.6 Å². The van der Waals surface area contributed by atoms with E-state index in [9.17, 15) is 9.18 Å². The first-order chi connectivity index (χ1) is 11.8. The molecule has 0 aliphatic rings. The number of carbonyl (C=O) groups excluding carboxylic acids is 1. The smallest absolute Gasteiger partial charge is 0.260 e. The van der Waals surface area contributed by atoms with E-state index >= 15 is 0 Å². The quantitative estimate of drug-likeness (QED) is 0.690. The monoisotopic (exact) mass is 425 g/mol. The molecule has 0 atom stereocenters. The topological polar surface area (TPSA) is 64.7 Å². The number of hydrogen-bond donors (Lipinski definition) is 1. The number of aromatic nitrogens is 4. The zero-order valence-corrected chi connectivity index (χ0v) is 15.8. The molecule has 0 spiro atoms. The summed E-state index contributed by atoms with van der Waals surface area (Å²) in [4.78, 5) is 12.4. The van der Waals surface area contributed by atoms with Crippen molar-refractivity contribution in [3.63, 3.8) is 0 Å². The molecule has 3 aromatic rings. The molecule has 6 nitrogen and oxygen atoms in total.